The third-order valence-corrected chi connectivity index (χ3v) is 5.71. The van der Waals surface area contributed by atoms with Gasteiger partial charge in [-0.1, -0.05) is 42.5 Å². The summed E-state index contributed by atoms with van der Waals surface area (Å²) in [6, 6.07) is 19.2. The molecule has 1 aliphatic heterocycles. The second-order valence-electron chi connectivity index (χ2n) is 7.89. The lowest BCUT2D eigenvalue weighted by atomic mass is 9.99. The Labute approximate surface area is 188 Å². The van der Waals surface area contributed by atoms with Gasteiger partial charge in [-0.3, -0.25) is 14.6 Å². The SMILES string of the molecule is Cc1ccccc1OCCC(=O)N1CCNC(=O)[C@@H]1Cc1ccc(-c2ccncc2)cc1. The van der Waals surface area contributed by atoms with Gasteiger partial charge in [0.2, 0.25) is 11.8 Å². The van der Waals surface area contributed by atoms with Crippen molar-refractivity contribution in [3.63, 3.8) is 0 Å². The van der Waals surface area contributed by atoms with Crippen LogP contribution in [0.15, 0.2) is 73.1 Å². The van der Waals surface area contributed by atoms with Crippen molar-refractivity contribution in [2.24, 2.45) is 0 Å². The highest BCUT2D eigenvalue weighted by Gasteiger charge is 2.32. The number of hydrogen-bond donors (Lipinski definition) is 1. The molecule has 0 aliphatic carbocycles. The Balaban J connectivity index is 1.39. The zero-order valence-corrected chi connectivity index (χ0v) is 18.2. The number of carbonyl (C=O) groups excluding carboxylic acids is 2. The Morgan fingerprint density at radius 3 is 2.53 bits per heavy atom. The summed E-state index contributed by atoms with van der Waals surface area (Å²) >= 11 is 0. The number of nitrogens with one attached hydrogen (secondary N) is 1. The van der Waals surface area contributed by atoms with Crippen LogP contribution >= 0.6 is 0 Å². The zero-order valence-electron chi connectivity index (χ0n) is 18.2. The molecule has 32 heavy (non-hydrogen) atoms. The van der Waals surface area contributed by atoms with Gasteiger partial charge in [-0.05, 0) is 47.4 Å². The van der Waals surface area contributed by atoms with E-state index in [1.54, 1.807) is 17.3 Å². The van der Waals surface area contributed by atoms with E-state index >= 15 is 0 Å². The van der Waals surface area contributed by atoms with Crippen molar-refractivity contribution in [2.75, 3.05) is 19.7 Å². The Kier molecular flexibility index (Phi) is 6.80. The first kappa shape index (κ1) is 21.6. The highest BCUT2D eigenvalue weighted by Crippen LogP contribution is 2.21. The summed E-state index contributed by atoms with van der Waals surface area (Å²) in [5, 5.41) is 2.89. The molecule has 1 saturated heterocycles. The molecule has 0 unspecified atom stereocenters. The average Bonchev–Trinajstić information content (AvgIpc) is 2.82. The second-order valence-corrected chi connectivity index (χ2v) is 7.89. The molecule has 0 radical (unpaired) electrons. The summed E-state index contributed by atoms with van der Waals surface area (Å²) < 4.78 is 5.78. The van der Waals surface area contributed by atoms with Crippen molar-refractivity contribution in [2.45, 2.75) is 25.8 Å². The van der Waals surface area contributed by atoms with E-state index in [2.05, 4.69) is 10.3 Å². The molecule has 2 heterocycles. The van der Waals surface area contributed by atoms with Gasteiger partial charge in [0.1, 0.15) is 11.8 Å². The summed E-state index contributed by atoms with van der Waals surface area (Å²) in [5.41, 5.74) is 4.22. The Bertz CT molecular complexity index is 1070. The number of rotatable bonds is 7. The highest BCUT2D eigenvalue weighted by atomic mass is 16.5. The molecule has 0 bridgehead atoms. The number of hydrogen-bond acceptors (Lipinski definition) is 4. The van der Waals surface area contributed by atoms with Gasteiger partial charge in [-0.2, -0.15) is 0 Å². The van der Waals surface area contributed by atoms with Crippen molar-refractivity contribution < 1.29 is 14.3 Å². The number of nitrogens with zero attached hydrogens (tertiary/aromatic N) is 2. The fourth-order valence-electron chi connectivity index (χ4n) is 3.93. The van der Waals surface area contributed by atoms with E-state index in [1.807, 2.05) is 67.6 Å². The molecular weight excluding hydrogens is 402 g/mol. The molecule has 4 rings (SSSR count). The fourth-order valence-corrected chi connectivity index (χ4v) is 3.93. The van der Waals surface area contributed by atoms with Crippen LogP contribution in [-0.2, 0) is 16.0 Å². The summed E-state index contributed by atoms with van der Waals surface area (Å²) in [4.78, 5) is 31.3. The minimum Gasteiger partial charge on any atom is -0.493 e. The number of pyridine rings is 1. The van der Waals surface area contributed by atoms with Gasteiger partial charge in [0.05, 0.1) is 13.0 Å². The van der Waals surface area contributed by atoms with Crippen LogP contribution in [-0.4, -0.2) is 47.4 Å². The number of ether oxygens (including phenoxy) is 1. The van der Waals surface area contributed by atoms with Gasteiger partial charge in [-0.25, -0.2) is 0 Å². The topological polar surface area (TPSA) is 71.5 Å². The van der Waals surface area contributed by atoms with E-state index in [-0.39, 0.29) is 24.8 Å². The molecule has 1 aromatic heterocycles. The lowest BCUT2D eigenvalue weighted by Crippen LogP contribution is -2.58. The van der Waals surface area contributed by atoms with Crippen LogP contribution in [0.3, 0.4) is 0 Å². The Morgan fingerprint density at radius 2 is 1.78 bits per heavy atom. The van der Waals surface area contributed by atoms with E-state index in [0.29, 0.717) is 19.5 Å². The standard InChI is InChI=1S/C26H27N3O3/c1-19-4-2-3-5-24(19)32-17-12-25(30)29-16-15-28-26(31)23(29)18-20-6-8-21(9-7-20)22-10-13-27-14-11-22/h2-11,13-14,23H,12,15-18H2,1H3,(H,28,31)/t23-/m0/s1. The average molecular weight is 430 g/mol. The molecule has 164 valence electrons. The Hall–Kier alpha value is -3.67. The van der Waals surface area contributed by atoms with Crippen LogP contribution in [0.2, 0.25) is 0 Å². The van der Waals surface area contributed by atoms with E-state index in [4.69, 9.17) is 4.74 Å². The number of aryl methyl sites for hydroxylation is 1. The van der Waals surface area contributed by atoms with Gasteiger partial charge in [0.15, 0.2) is 0 Å². The number of benzene rings is 2. The maximum atomic E-state index is 12.9. The zero-order chi connectivity index (χ0) is 22.3. The third kappa shape index (κ3) is 5.14. The lowest BCUT2D eigenvalue weighted by Gasteiger charge is -2.35. The van der Waals surface area contributed by atoms with Gasteiger partial charge < -0.3 is 15.0 Å². The first-order valence-corrected chi connectivity index (χ1v) is 10.9. The van der Waals surface area contributed by atoms with Crippen LogP contribution in [0.5, 0.6) is 5.75 Å². The van der Waals surface area contributed by atoms with Crippen molar-refractivity contribution in [3.05, 3.63) is 84.2 Å². The molecule has 6 heteroatoms. The monoisotopic (exact) mass is 429 g/mol. The summed E-state index contributed by atoms with van der Waals surface area (Å²) in [6.07, 6.45) is 4.25. The van der Waals surface area contributed by atoms with E-state index in [1.165, 1.54) is 0 Å². The van der Waals surface area contributed by atoms with Crippen molar-refractivity contribution in [1.29, 1.82) is 0 Å². The molecule has 1 atom stereocenters. The molecule has 0 spiro atoms. The number of para-hydroxylation sites is 1. The summed E-state index contributed by atoms with van der Waals surface area (Å²) in [6.45, 7) is 3.24. The lowest BCUT2D eigenvalue weighted by molar-refractivity contribution is -0.143. The number of carbonyl (C=O) groups is 2. The molecule has 1 fully saturated rings. The predicted molar refractivity (Wildman–Crippen MR) is 123 cm³/mol. The molecule has 2 aromatic carbocycles. The van der Waals surface area contributed by atoms with Gasteiger partial charge in [0.25, 0.3) is 0 Å². The van der Waals surface area contributed by atoms with E-state index in [9.17, 15) is 9.59 Å². The first-order chi connectivity index (χ1) is 15.6. The van der Waals surface area contributed by atoms with Crippen molar-refractivity contribution in [3.8, 4) is 16.9 Å². The quantitative estimate of drug-likeness (QED) is 0.625. The van der Waals surface area contributed by atoms with Crippen LogP contribution in [0.25, 0.3) is 11.1 Å². The normalized spacial score (nSPS) is 15.8. The molecule has 6 nitrogen and oxygen atoms in total. The maximum Gasteiger partial charge on any atom is 0.243 e. The molecule has 1 aliphatic rings. The van der Waals surface area contributed by atoms with E-state index in [0.717, 1.165) is 28.0 Å². The second kappa shape index (κ2) is 10.1. The Morgan fingerprint density at radius 1 is 1.06 bits per heavy atom. The smallest absolute Gasteiger partial charge is 0.243 e. The maximum absolute atomic E-state index is 12.9. The third-order valence-electron chi connectivity index (χ3n) is 5.71. The van der Waals surface area contributed by atoms with Crippen LogP contribution in [0.4, 0.5) is 0 Å². The van der Waals surface area contributed by atoms with Gasteiger partial charge >= 0.3 is 0 Å². The van der Waals surface area contributed by atoms with Crippen molar-refractivity contribution in [1.82, 2.24) is 15.2 Å². The number of aromatic nitrogens is 1. The number of amides is 2. The van der Waals surface area contributed by atoms with E-state index < -0.39 is 6.04 Å². The minimum absolute atomic E-state index is 0.0631. The largest absolute Gasteiger partial charge is 0.493 e. The molecule has 1 N–H and O–H groups in total. The molecular formula is C26H27N3O3. The predicted octanol–water partition coefficient (Wildman–Crippen LogP) is 3.40. The van der Waals surface area contributed by atoms with Crippen molar-refractivity contribution >= 4 is 11.8 Å². The summed E-state index contributed by atoms with van der Waals surface area (Å²) in [5.74, 6) is 0.608. The molecule has 3 aromatic rings. The fraction of sp³-hybridized carbons (Fsp3) is 0.269. The van der Waals surface area contributed by atoms with Gasteiger partial charge in [-0.15, -0.1) is 0 Å². The highest BCUT2D eigenvalue weighted by molar-refractivity contribution is 5.89. The number of piperazine rings is 1. The van der Waals surface area contributed by atoms with Gasteiger partial charge in [0, 0.05) is 31.9 Å². The summed E-state index contributed by atoms with van der Waals surface area (Å²) in [7, 11) is 0. The molecule has 2 amide bonds. The van der Waals surface area contributed by atoms with Crippen LogP contribution < -0.4 is 10.1 Å². The minimum atomic E-state index is -0.513. The van der Waals surface area contributed by atoms with Crippen LogP contribution in [0, 0.1) is 6.92 Å². The molecule has 0 saturated carbocycles. The van der Waals surface area contributed by atoms with Crippen LogP contribution in [0.1, 0.15) is 17.5 Å². The first-order valence-electron chi connectivity index (χ1n) is 10.9.